The van der Waals surface area contributed by atoms with Crippen LogP contribution in [0.25, 0.3) is 0 Å². The quantitative estimate of drug-likeness (QED) is 0.938. The lowest BCUT2D eigenvalue weighted by Gasteiger charge is -2.11. The normalized spacial score (nSPS) is 13.2. The van der Waals surface area contributed by atoms with Crippen molar-refractivity contribution in [1.82, 2.24) is 4.98 Å². The number of aromatic nitrogens is 1. The van der Waals surface area contributed by atoms with Crippen LogP contribution in [0.2, 0.25) is 0 Å². The number of nitrogens with zero attached hydrogens (tertiary/aromatic N) is 1. The highest BCUT2D eigenvalue weighted by Crippen LogP contribution is 2.35. The minimum atomic E-state index is -4.43. The van der Waals surface area contributed by atoms with Crippen molar-refractivity contribution in [2.45, 2.75) is 19.1 Å². The molecule has 0 aliphatic rings. The number of rotatable bonds is 4. The Morgan fingerprint density at radius 2 is 2.15 bits per heavy atom. The minimum absolute atomic E-state index is 0.367. The Kier molecular flexibility index (Phi) is 4.29. The van der Waals surface area contributed by atoms with Gasteiger partial charge in [0.15, 0.2) is 5.01 Å². The van der Waals surface area contributed by atoms with Gasteiger partial charge in [0.05, 0.1) is 12.6 Å². The molecule has 20 heavy (non-hydrogen) atoms. The summed E-state index contributed by atoms with van der Waals surface area (Å²) >= 11 is 0.560. The minimum Gasteiger partial charge on any atom is -0.494 e. The number of benzene rings is 1. The maximum atomic E-state index is 12.5. The third-order valence-corrected chi connectivity index (χ3v) is 3.73. The van der Waals surface area contributed by atoms with Gasteiger partial charge in [-0.05, 0) is 24.6 Å². The van der Waals surface area contributed by atoms with E-state index in [0.717, 1.165) is 0 Å². The number of nitrogens with two attached hydrogens (primary N) is 1. The molecule has 0 saturated carbocycles. The van der Waals surface area contributed by atoms with Gasteiger partial charge in [-0.1, -0.05) is 12.1 Å². The van der Waals surface area contributed by atoms with E-state index in [-0.39, 0.29) is 0 Å². The first-order chi connectivity index (χ1) is 9.41. The van der Waals surface area contributed by atoms with Crippen molar-refractivity contribution in [3.8, 4) is 5.75 Å². The summed E-state index contributed by atoms with van der Waals surface area (Å²) in [5.41, 5.74) is 6.67. The molecule has 1 heterocycles. The Morgan fingerprint density at radius 3 is 2.75 bits per heavy atom. The summed E-state index contributed by atoms with van der Waals surface area (Å²) in [5.74, 6) is 0.640. The van der Waals surface area contributed by atoms with Crippen molar-refractivity contribution in [3.05, 3.63) is 45.9 Å². The van der Waals surface area contributed by atoms with Gasteiger partial charge in [0.25, 0.3) is 0 Å². The Hall–Kier alpha value is -1.60. The van der Waals surface area contributed by atoms with E-state index >= 15 is 0 Å². The van der Waals surface area contributed by atoms with Crippen LogP contribution in [0, 0.1) is 0 Å². The number of hydrogen-bond acceptors (Lipinski definition) is 4. The maximum Gasteiger partial charge on any atom is 0.443 e. The predicted molar refractivity (Wildman–Crippen MR) is 70.8 cm³/mol. The van der Waals surface area contributed by atoms with Gasteiger partial charge in [-0.2, -0.15) is 13.2 Å². The van der Waals surface area contributed by atoms with Crippen molar-refractivity contribution in [2.24, 2.45) is 5.73 Å². The van der Waals surface area contributed by atoms with Crippen LogP contribution >= 0.6 is 11.3 Å². The SMILES string of the molecule is CCOc1cccc(C(N)c2cnc(C(F)(F)F)s2)c1. The average Bonchev–Trinajstić information content (AvgIpc) is 2.88. The van der Waals surface area contributed by atoms with Gasteiger partial charge in [0.2, 0.25) is 0 Å². The van der Waals surface area contributed by atoms with Crippen LogP contribution in [0.5, 0.6) is 5.75 Å². The molecule has 0 aliphatic heterocycles. The summed E-state index contributed by atoms with van der Waals surface area (Å²) in [7, 11) is 0. The third-order valence-electron chi connectivity index (χ3n) is 2.60. The molecule has 108 valence electrons. The van der Waals surface area contributed by atoms with Crippen molar-refractivity contribution < 1.29 is 17.9 Å². The summed E-state index contributed by atoms with van der Waals surface area (Å²) in [6.07, 6.45) is -3.26. The molecule has 2 rings (SSSR count). The lowest BCUT2D eigenvalue weighted by atomic mass is 10.1. The molecular weight excluding hydrogens is 289 g/mol. The molecule has 1 aromatic heterocycles. The largest absolute Gasteiger partial charge is 0.494 e. The zero-order valence-corrected chi connectivity index (χ0v) is 11.5. The molecule has 0 saturated heterocycles. The van der Waals surface area contributed by atoms with E-state index < -0.39 is 17.2 Å². The second-order valence-corrected chi connectivity index (χ2v) is 5.11. The summed E-state index contributed by atoms with van der Waals surface area (Å²) in [5, 5.41) is -0.885. The molecule has 3 nitrogen and oxygen atoms in total. The van der Waals surface area contributed by atoms with Crippen molar-refractivity contribution >= 4 is 11.3 Å². The monoisotopic (exact) mass is 302 g/mol. The molecule has 1 atom stereocenters. The van der Waals surface area contributed by atoms with E-state index in [4.69, 9.17) is 10.5 Å². The Labute approximate surface area is 118 Å². The van der Waals surface area contributed by atoms with Crippen LogP contribution in [0.1, 0.15) is 28.4 Å². The van der Waals surface area contributed by atoms with Gasteiger partial charge in [0.1, 0.15) is 5.75 Å². The number of alkyl halides is 3. The van der Waals surface area contributed by atoms with Gasteiger partial charge in [-0.25, -0.2) is 4.98 Å². The van der Waals surface area contributed by atoms with E-state index in [2.05, 4.69) is 4.98 Å². The van der Waals surface area contributed by atoms with Crippen LogP contribution < -0.4 is 10.5 Å². The van der Waals surface area contributed by atoms with E-state index in [1.54, 1.807) is 24.3 Å². The standard InChI is InChI=1S/C13H13F3N2OS/c1-2-19-9-5-3-4-8(6-9)11(17)10-7-18-12(20-10)13(14,15)16/h3-7,11H,2,17H2,1H3. The third kappa shape index (κ3) is 3.29. The lowest BCUT2D eigenvalue weighted by Crippen LogP contribution is -2.10. The number of hydrogen-bond donors (Lipinski definition) is 1. The molecule has 0 fully saturated rings. The molecule has 2 N–H and O–H groups in total. The summed E-state index contributed by atoms with van der Waals surface area (Å²) in [6, 6.07) is 6.35. The second kappa shape index (κ2) is 5.80. The van der Waals surface area contributed by atoms with Gasteiger partial charge in [0, 0.05) is 11.1 Å². The fraction of sp³-hybridized carbons (Fsp3) is 0.308. The molecule has 1 unspecified atom stereocenters. The molecule has 0 bridgehead atoms. The molecule has 7 heteroatoms. The highest BCUT2D eigenvalue weighted by Gasteiger charge is 2.35. The summed E-state index contributed by atoms with van der Waals surface area (Å²) < 4.78 is 42.9. The van der Waals surface area contributed by atoms with Gasteiger partial charge in [-0.3, -0.25) is 0 Å². The topological polar surface area (TPSA) is 48.1 Å². The van der Waals surface area contributed by atoms with Crippen LogP contribution in [-0.2, 0) is 6.18 Å². The first kappa shape index (κ1) is 14.8. The molecule has 0 aliphatic carbocycles. The highest BCUT2D eigenvalue weighted by atomic mass is 32.1. The Bertz CT molecular complexity index is 583. The summed E-state index contributed by atoms with van der Waals surface area (Å²) in [6.45, 7) is 2.36. The zero-order valence-electron chi connectivity index (χ0n) is 10.6. The fourth-order valence-electron chi connectivity index (χ4n) is 1.69. The summed E-state index contributed by atoms with van der Waals surface area (Å²) in [4.78, 5) is 3.74. The first-order valence-electron chi connectivity index (χ1n) is 5.93. The zero-order chi connectivity index (χ0) is 14.8. The van der Waals surface area contributed by atoms with Gasteiger partial charge >= 0.3 is 6.18 Å². The molecular formula is C13H13F3N2OS. The molecule has 0 amide bonds. The maximum absolute atomic E-state index is 12.5. The fourth-order valence-corrected chi connectivity index (χ4v) is 2.50. The first-order valence-corrected chi connectivity index (χ1v) is 6.74. The molecule has 0 spiro atoms. The van der Waals surface area contributed by atoms with Crippen LogP contribution in [-0.4, -0.2) is 11.6 Å². The highest BCUT2D eigenvalue weighted by molar-refractivity contribution is 7.11. The predicted octanol–water partition coefficient (Wildman–Crippen LogP) is 3.61. The van der Waals surface area contributed by atoms with E-state index in [0.29, 0.717) is 34.1 Å². The van der Waals surface area contributed by atoms with Crippen LogP contribution in [0.4, 0.5) is 13.2 Å². The Morgan fingerprint density at radius 1 is 1.40 bits per heavy atom. The van der Waals surface area contributed by atoms with E-state index in [1.165, 1.54) is 6.20 Å². The molecule has 2 aromatic rings. The number of halogens is 3. The van der Waals surface area contributed by atoms with Crippen molar-refractivity contribution in [3.63, 3.8) is 0 Å². The van der Waals surface area contributed by atoms with E-state index in [9.17, 15) is 13.2 Å². The second-order valence-electron chi connectivity index (χ2n) is 4.05. The van der Waals surface area contributed by atoms with Crippen molar-refractivity contribution in [1.29, 1.82) is 0 Å². The lowest BCUT2D eigenvalue weighted by molar-refractivity contribution is -0.137. The van der Waals surface area contributed by atoms with Gasteiger partial charge < -0.3 is 10.5 Å². The number of ether oxygens (including phenoxy) is 1. The molecule has 0 radical (unpaired) electrons. The Balaban J connectivity index is 2.24. The van der Waals surface area contributed by atoms with Crippen molar-refractivity contribution in [2.75, 3.05) is 6.61 Å². The average molecular weight is 302 g/mol. The van der Waals surface area contributed by atoms with Crippen LogP contribution in [0.3, 0.4) is 0 Å². The van der Waals surface area contributed by atoms with Gasteiger partial charge in [-0.15, -0.1) is 11.3 Å². The number of thiazole rings is 1. The smallest absolute Gasteiger partial charge is 0.443 e. The molecule has 1 aromatic carbocycles. The van der Waals surface area contributed by atoms with E-state index in [1.807, 2.05) is 6.92 Å². The van der Waals surface area contributed by atoms with Crippen LogP contribution in [0.15, 0.2) is 30.5 Å².